The molecule has 0 radical (unpaired) electrons. The van der Waals surface area contributed by atoms with E-state index < -0.39 is 4.92 Å². The number of nitrogens with one attached hydrogen (secondary N) is 1. The number of nitrogens with zero attached hydrogens (tertiary/aromatic N) is 4. The molecule has 10 heteroatoms. The SMILES string of the molecule is CN(CC(=O)Nc1ccc(Cl)cc1)c1nc2sccn2c1[N+](=O)[O-]. The summed E-state index contributed by atoms with van der Waals surface area (Å²) in [6.45, 7) is -0.0751. The highest BCUT2D eigenvalue weighted by atomic mass is 35.5. The Kier molecular flexibility index (Phi) is 4.36. The first-order valence-corrected chi connectivity index (χ1v) is 8.08. The molecule has 2 heterocycles. The third-order valence-corrected chi connectivity index (χ3v) is 4.27. The Hall–Kier alpha value is -2.65. The normalized spacial score (nSPS) is 10.8. The third-order valence-electron chi connectivity index (χ3n) is 3.26. The van der Waals surface area contributed by atoms with Crippen molar-refractivity contribution in [3.8, 4) is 0 Å². The first kappa shape index (κ1) is 16.2. The quantitative estimate of drug-likeness (QED) is 0.554. The Balaban J connectivity index is 1.77. The van der Waals surface area contributed by atoms with Gasteiger partial charge in [0.1, 0.15) is 6.20 Å². The zero-order valence-corrected chi connectivity index (χ0v) is 14.0. The maximum atomic E-state index is 12.1. The van der Waals surface area contributed by atoms with Crippen molar-refractivity contribution < 1.29 is 9.72 Å². The van der Waals surface area contributed by atoms with Gasteiger partial charge in [0.25, 0.3) is 4.96 Å². The van der Waals surface area contributed by atoms with Crippen LogP contribution in [0.2, 0.25) is 5.02 Å². The van der Waals surface area contributed by atoms with E-state index >= 15 is 0 Å². The van der Waals surface area contributed by atoms with E-state index in [9.17, 15) is 14.9 Å². The van der Waals surface area contributed by atoms with Crippen molar-refractivity contribution in [2.24, 2.45) is 0 Å². The number of imidazole rings is 1. The first-order chi connectivity index (χ1) is 11.5. The average molecular weight is 366 g/mol. The number of amides is 1. The summed E-state index contributed by atoms with van der Waals surface area (Å²) in [5, 5.41) is 16.3. The van der Waals surface area contributed by atoms with Crippen LogP contribution >= 0.6 is 22.9 Å². The van der Waals surface area contributed by atoms with Crippen molar-refractivity contribution in [2.75, 3.05) is 23.8 Å². The van der Waals surface area contributed by atoms with Crippen molar-refractivity contribution in [1.82, 2.24) is 9.38 Å². The molecular formula is C14H12ClN5O3S. The van der Waals surface area contributed by atoms with Gasteiger partial charge in [-0.1, -0.05) is 22.9 Å². The number of likely N-dealkylation sites (N-methyl/N-ethyl adjacent to an activating group) is 1. The fourth-order valence-corrected chi connectivity index (χ4v) is 3.04. The van der Waals surface area contributed by atoms with Crippen LogP contribution < -0.4 is 10.2 Å². The lowest BCUT2D eigenvalue weighted by atomic mass is 10.3. The predicted molar refractivity (Wildman–Crippen MR) is 93.1 cm³/mol. The fourth-order valence-electron chi connectivity index (χ4n) is 2.21. The molecule has 0 aliphatic carbocycles. The summed E-state index contributed by atoms with van der Waals surface area (Å²) in [4.78, 5) is 29.1. The minimum atomic E-state index is -0.504. The van der Waals surface area contributed by atoms with Gasteiger partial charge in [0, 0.05) is 23.1 Å². The van der Waals surface area contributed by atoms with Crippen molar-refractivity contribution >= 4 is 51.1 Å². The van der Waals surface area contributed by atoms with Crippen LogP contribution in [0.15, 0.2) is 35.8 Å². The Morgan fingerprint density at radius 1 is 1.46 bits per heavy atom. The monoisotopic (exact) mass is 365 g/mol. The van der Waals surface area contributed by atoms with Gasteiger partial charge in [0.15, 0.2) is 0 Å². The van der Waals surface area contributed by atoms with Gasteiger partial charge in [0.05, 0.1) is 6.54 Å². The molecule has 124 valence electrons. The number of hydrogen-bond donors (Lipinski definition) is 1. The zero-order valence-electron chi connectivity index (χ0n) is 12.5. The molecule has 3 rings (SSSR count). The molecule has 24 heavy (non-hydrogen) atoms. The number of thiazole rings is 1. The van der Waals surface area contributed by atoms with E-state index in [1.54, 1.807) is 42.9 Å². The number of aromatic nitrogens is 2. The van der Waals surface area contributed by atoms with Crippen LogP contribution in [-0.4, -0.2) is 33.8 Å². The minimum Gasteiger partial charge on any atom is -0.358 e. The molecule has 0 bridgehead atoms. The van der Waals surface area contributed by atoms with E-state index in [2.05, 4.69) is 10.3 Å². The van der Waals surface area contributed by atoms with Crippen molar-refractivity contribution in [1.29, 1.82) is 0 Å². The minimum absolute atomic E-state index is 0.0751. The third kappa shape index (κ3) is 3.17. The number of fused-ring (bicyclic) bond motifs is 1. The summed E-state index contributed by atoms with van der Waals surface area (Å²) < 4.78 is 1.40. The number of nitro groups is 1. The number of carbonyl (C=O) groups is 1. The highest BCUT2D eigenvalue weighted by Gasteiger charge is 2.27. The molecule has 1 amide bonds. The molecule has 0 saturated heterocycles. The lowest BCUT2D eigenvalue weighted by Gasteiger charge is -2.15. The Morgan fingerprint density at radius 3 is 2.83 bits per heavy atom. The second-order valence-electron chi connectivity index (χ2n) is 4.98. The van der Waals surface area contributed by atoms with Gasteiger partial charge in [0.2, 0.25) is 11.7 Å². The molecule has 0 atom stereocenters. The van der Waals surface area contributed by atoms with Gasteiger partial charge in [-0.2, -0.15) is 9.38 Å². The molecule has 1 aromatic carbocycles. The van der Waals surface area contributed by atoms with Crippen LogP contribution in [-0.2, 0) is 4.79 Å². The summed E-state index contributed by atoms with van der Waals surface area (Å²) in [5.74, 6) is -0.323. The largest absolute Gasteiger partial charge is 0.373 e. The maximum Gasteiger partial charge on any atom is 0.373 e. The Morgan fingerprint density at radius 2 is 2.17 bits per heavy atom. The molecule has 1 N–H and O–H groups in total. The van der Waals surface area contributed by atoms with Crippen LogP contribution in [0.5, 0.6) is 0 Å². The smallest absolute Gasteiger partial charge is 0.358 e. The number of hydrogen-bond acceptors (Lipinski definition) is 6. The van der Waals surface area contributed by atoms with Crippen LogP contribution in [0, 0.1) is 10.1 Å². The highest BCUT2D eigenvalue weighted by molar-refractivity contribution is 7.15. The van der Waals surface area contributed by atoms with E-state index in [1.165, 1.54) is 20.6 Å². The summed E-state index contributed by atoms with van der Waals surface area (Å²) in [6, 6.07) is 6.68. The maximum absolute atomic E-state index is 12.1. The van der Waals surface area contributed by atoms with Crippen molar-refractivity contribution in [2.45, 2.75) is 0 Å². The highest BCUT2D eigenvalue weighted by Crippen LogP contribution is 2.30. The van der Waals surface area contributed by atoms with E-state index in [0.29, 0.717) is 15.7 Å². The van der Waals surface area contributed by atoms with E-state index in [-0.39, 0.29) is 24.1 Å². The lowest BCUT2D eigenvalue weighted by molar-refractivity contribution is -0.389. The second kappa shape index (κ2) is 6.46. The molecule has 0 aliphatic heterocycles. The number of carbonyl (C=O) groups excluding carboxylic acids is 1. The fraction of sp³-hybridized carbons (Fsp3) is 0.143. The van der Waals surface area contributed by atoms with Gasteiger partial charge in [-0.3, -0.25) is 4.79 Å². The number of anilines is 2. The van der Waals surface area contributed by atoms with Crippen LogP contribution in [0.25, 0.3) is 4.96 Å². The predicted octanol–water partition coefficient (Wildman–Crippen LogP) is 3.03. The van der Waals surface area contributed by atoms with Crippen molar-refractivity contribution in [3.63, 3.8) is 0 Å². The first-order valence-electron chi connectivity index (χ1n) is 6.82. The Bertz CT molecular complexity index is 905. The molecule has 0 aliphatic rings. The van der Waals surface area contributed by atoms with Crippen LogP contribution in [0.4, 0.5) is 17.3 Å². The van der Waals surface area contributed by atoms with Gasteiger partial charge in [-0.15, -0.1) is 0 Å². The molecule has 8 nitrogen and oxygen atoms in total. The second-order valence-corrected chi connectivity index (χ2v) is 6.29. The number of halogens is 1. The molecule has 0 unspecified atom stereocenters. The molecule has 0 fully saturated rings. The summed E-state index contributed by atoms with van der Waals surface area (Å²) in [5.41, 5.74) is 0.595. The molecule has 2 aromatic heterocycles. The van der Waals surface area contributed by atoms with Crippen LogP contribution in [0.1, 0.15) is 0 Å². The summed E-state index contributed by atoms with van der Waals surface area (Å²) in [6.07, 6.45) is 1.58. The van der Waals surface area contributed by atoms with Gasteiger partial charge < -0.3 is 20.3 Å². The van der Waals surface area contributed by atoms with Crippen LogP contribution in [0.3, 0.4) is 0 Å². The number of rotatable bonds is 5. The zero-order chi connectivity index (χ0) is 17.3. The standard InChI is InChI=1S/C14H12ClN5O3S/c1-18(8-11(21)16-10-4-2-9(15)3-5-10)12-13(20(22)23)19-6-7-24-14(19)17-12/h2-7H,8H2,1H3,(H,16,21). The number of benzene rings is 1. The molecule has 0 spiro atoms. The summed E-state index contributed by atoms with van der Waals surface area (Å²) in [7, 11) is 1.58. The Labute approximate surface area is 145 Å². The van der Waals surface area contributed by atoms with E-state index in [0.717, 1.165) is 0 Å². The lowest BCUT2D eigenvalue weighted by Crippen LogP contribution is -2.30. The molecular weight excluding hydrogens is 354 g/mol. The molecule has 0 saturated carbocycles. The summed E-state index contributed by atoms with van der Waals surface area (Å²) >= 11 is 7.08. The van der Waals surface area contributed by atoms with Gasteiger partial charge >= 0.3 is 5.82 Å². The topological polar surface area (TPSA) is 92.8 Å². The van der Waals surface area contributed by atoms with E-state index in [1.807, 2.05) is 0 Å². The van der Waals surface area contributed by atoms with Crippen molar-refractivity contribution in [3.05, 3.63) is 51.0 Å². The van der Waals surface area contributed by atoms with E-state index in [4.69, 9.17) is 11.6 Å². The van der Waals surface area contributed by atoms with Gasteiger partial charge in [-0.05, 0) is 29.2 Å². The average Bonchev–Trinajstić information content (AvgIpc) is 3.09. The van der Waals surface area contributed by atoms with Gasteiger partial charge in [-0.25, -0.2) is 0 Å². The molecule has 3 aromatic rings.